The summed E-state index contributed by atoms with van der Waals surface area (Å²) in [5, 5.41) is 10.3. The van der Waals surface area contributed by atoms with Crippen molar-refractivity contribution in [1.29, 1.82) is 0 Å². The van der Waals surface area contributed by atoms with Gasteiger partial charge in [0.2, 0.25) is 10.0 Å². The number of benzene rings is 1. The van der Waals surface area contributed by atoms with E-state index < -0.39 is 33.9 Å². The summed E-state index contributed by atoms with van der Waals surface area (Å²) < 4.78 is 72.7. The van der Waals surface area contributed by atoms with Crippen molar-refractivity contribution in [2.45, 2.75) is 44.3 Å². The number of aliphatic carboxylic acids is 1. The summed E-state index contributed by atoms with van der Waals surface area (Å²) in [5.41, 5.74) is 0.0163. The van der Waals surface area contributed by atoms with E-state index in [1.807, 2.05) is 0 Å². The number of hydrogen-bond acceptors (Lipinski definition) is 5. The second-order valence-corrected chi connectivity index (χ2v) is 10.1. The molecule has 0 atom stereocenters. The smallest absolute Gasteiger partial charge is 0.475 e. The van der Waals surface area contributed by atoms with Gasteiger partial charge in [-0.05, 0) is 25.0 Å². The average Bonchev–Trinajstić information content (AvgIpc) is 2.80. The molecule has 3 rings (SSSR count). The van der Waals surface area contributed by atoms with Gasteiger partial charge in [0, 0.05) is 38.8 Å². The minimum absolute atomic E-state index is 0.0163. The Hall–Kier alpha value is -2.25. The van der Waals surface area contributed by atoms with Crippen molar-refractivity contribution in [2.24, 2.45) is 0 Å². The number of sulfonamides is 1. The zero-order chi connectivity index (χ0) is 25.4. The van der Waals surface area contributed by atoms with Gasteiger partial charge in [-0.2, -0.15) is 17.5 Å². The molecule has 1 heterocycles. The SMILES string of the molecule is O=C(O)C(F)(F)F.O=C(c1ccccc1F)N(CCS(=O)(=O)N1CCNCC1)C1CCCCC1. The topological polar surface area (TPSA) is 107 Å². The van der Waals surface area contributed by atoms with E-state index in [0.717, 1.165) is 32.1 Å². The fourth-order valence-electron chi connectivity index (χ4n) is 3.90. The highest BCUT2D eigenvalue weighted by Crippen LogP contribution is 2.25. The molecule has 1 aromatic carbocycles. The molecule has 34 heavy (non-hydrogen) atoms. The molecule has 2 fully saturated rings. The molecule has 0 unspecified atom stereocenters. The normalized spacial score (nSPS) is 18.0. The number of hydrogen-bond donors (Lipinski definition) is 2. The molecule has 0 bridgehead atoms. The van der Waals surface area contributed by atoms with Crippen LogP contribution in [-0.2, 0) is 14.8 Å². The third kappa shape index (κ3) is 8.20. The fraction of sp³-hybridized carbons (Fsp3) is 0.619. The van der Waals surface area contributed by atoms with Crippen molar-refractivity contribution in [1.82, 2.24) is 14.5 Å². The first kappa shape index (κ1) is 28.0. The van der Waals surface area contributed by atoms with Crippen molar-refractivity contribution in [3.63, 3.8) is 0 Å². The quantitative estimate of drug-likeness (QED) is 0.569. The Kier molecular flexibility index (Phi) is 10.3. The van der Waals surface area contributed by atoms with E-state index in [9.17, 15) is 30.8 Å². The lowest BCUT2D eigenvalue weighted by Crippen LogP contribution is -2.50. The third-order valence-corrected chi connectivity index (χ3v) is 7.53. The van der Waals surface area contributed by atoms with E-state index in [1.165, 1.54) is 16.4 Å². The molecule has 0 radical (unpaired) electrons. The van der Waals surface area contributed by atoms with Crippen LogP contribution in [0.1, 0.15) is 42.5 Å². The van der Waals surface area contributed by atoms with Crippen molar-refractivity contribution in [3.05, 3.63) is 35.6 Å². The molecule has 1 aromatic rings. The van der Waals surface area contributed by atoms with Gasteiger partial charge in [0.25, 0.3) is 5.91 Å². The number of halogens is 4. The van der Waals surface area contributed by atoms with Crippen LogP contribution in [0.2, 0.25) is 0 Å². The van der Waals surface area contributed by atoms with Gasteiger partial charge in [0.05, 0.1) is 11.3 Å². The summed E-state index contributed by atoms with van der Waals surface area (Å²) in [7, 11) is -3.44. The van der Waals surface area contributed by atoms with E-state index >= 15 is 0 Å². The minimum Gasteiger partial charge on any atom is -0.475 e. The lowest BCUT2D eigenvalue weighted by molar-refractivity contribution is -0.192. The van der Waals surface area contributed by atoms with E-state index in [4.69, 9.17) is 9.90 Å². The first-order valence-corrected chi connectivity index (χ1v) is 12.6. The first-order chi connectivity index (χ1) is 15.9. The van der Waals surface area contributed by atoms with Crippen LogP contribution in [0.15, 0.2) is 24.3 Å². The van der Waals surface area contributed by atoms with Crippen LogP contribution in [0.3, 0.4) is 0 Å². The Labute approximate surface area is 196 Å². The van der Waals surface area contributed by atoms with E-state index in [0.29, 0.717) is 26.2 Å². The molecule has 1 saturated heterocycles. The van der Waals surface area contributed by atoms with Crippen LogP contribution in [0.4, 0.5) is 17.6 Å². The van der Waals surface area contributed by atoms with Gasteiger partial charge in [0.1, 0.15) is 5.82 Å². The molecule has 0 spiro atoms. The van der Waals surface area contributed by atoms with Crippen molar-refractivity contribution >= 4 is 21.9 Å². The number of carbonyl (C=O) groups is 2. The number of piperazine rings is 1. The van der Waals surface area contributed by atoms with Crippen molar-refractivity contribution in [3.8, 4) is 0 Å². The standard InChI is InChI=1S/C19H28FN3O3S.C2HF3O2/c20-18-9-5-4-8-17(18)19(24)23(16-6-2-1-3-7-16)14-15-27(25,26)22-12-10-21-11-13-22;3-2(4,5)1(6)7/h4-5,8-9,16,21H,1-3,6-7,10-15H2;(H,6,7). The molecule has 0 aromatic heterocycles. The van der Waals surface area contributed by atoms with Crippen LogP contribution >= 0.6 is 0 Å². The number of nitrogens with one attached hydrogen (secondary N) is 1. The summed E-state index contributed by atoms with van der Waals surface area (Å²) >= 11 is 0. The fourth-order valence-corrected chi connectivity index (χ4v) is 5.32. The highest BCUT2D eigenvalue weighted by atomic mass is 32.2. The van der Waals surface area contributed by atoms with Gasteiger partial charge < -0.3 is 15.3 Å². The number of nitrogens with zero attached hydrogens (tertiary/aromatic N) is 2. The zero-order valence-corrected chi connectivity index (χ0v) is 19.4. The highest BCUT2D eigenvalue weighted by molar-refractivity contribution is 7.89. The molecule has 1 amide bonds. The monoisotopic (exact) mass is 511 g/mol. The molecule has 1 aliphatic carbocycles. The lowest BCUT2D eigenvalue weighted by Gasteiger charge is -2.35. The lowest BCUT2D eigenvalue weighted by atomic mass is 9.93. The van der Waals surface area contributed by atoms with Gasteiger partial charge in [-0.1, -0.05) is 31.4 Å². The second-order valence-electron chi connectivity index (χ2n) is 8.04. The van der Waals surface area contributed by atoms with Gasteiger partial charge in [-0.3, -0.25) is 4.79 Å². The van der Waals surface area contributed by atoms with E-state index in [1.54, 1.807) is 17.0 Å². The first-order valence-electron chi connectivity index (χ1n) is 11.0. The van der Waals surface area contributed by atoms with Crippen molar-refractivity contribution in [2.75, 3.05) is 38.5 Å². The highest BCUT2D eigenvalue weighted by Gasteiger charge is 2.38. The van der Waals surface area contributed by atoms with Gasteiger partial charge in [-0.25, -0.2) is 17.6 Å². The maximum Gasteiger partial charge on any atom is 0.490 e. The van der Waals surface area contributed by atoms with Crippen LogP contribution in [0.5, 0.6) is 0 Å². The Balaban J connectivity index is 0.000000509. The maximum absolute atomic E-state index is 14.2. The largest absolute Gasteiger partial charge is 0.490 e. The molecule has 1 saturated carbocycles. The van der Waals surface area contributed by atoms with Crippen LogP contribution < -0.4 is 5.32 Å². The van der Waals surface area contributed by atoms with Gasteiger partial charge in [0.15, 0.2) is 0 Å². The Morgan fingerprint density at radius 3 is 2.18 bits per heavy atom. The Morgan fingerprint density at radius 1 is 1.09 bits per heavy atom. The molecule has 1 aliphatic heterocycles. The average molecular weight is 512 g/mol. The summed E-state index contributed by atoms with van der Waals surface area (Å²) in [6.45, 7) is 2.28. The predicted octanol–water partition coefficient (Wildman–Crippen LogP) is 2.47. The number of carboxylic acid groups (broad SMARTS) is 1. The summed E-state index contributed by atoms with van der Waals surface area (Å²) in [6.07, 6.45) is -0.258. The van der Waals surface area contributed by atoms with Crippen LogP contribution in [0.25, 0.3) is 0 Å². The Morgan fingerprint density at radius 2 is 1.65 bits per heavy atom. The van der Waals surface area contributed by atoms with E-state index in [2.05, 4.69) is 5.32 Å². The van der Waals surface area contributed by atoms with Crippen molar-refractivity contribution < 1.29 is 40.7 Å². The third-order valence-electron chi connectivity index (χ3n) is 5.68. The number of carboxylic acids is 1. The number of carbonyl (C=O) groups excluding carboxylic acids is 1. The molecule has 192 valence electrons. The zero-order valence-electron chi connectivity index (χ0n) is 18.6. The van der Waals surface area contributed by atoms with Crippen LogP contribution in [0, 0.1) is 5.82 Å². The van der Waals surface area contributed by atoms with E-state index in [-0.39, 0.29) is 23.9 Å². The maximum atomic E-state index is 14.2. The molecule has 2 N–H and O–H groups in total. The van der Waals surface area contributed by atoms with Gasteiger partial charge in [-0.15, -0.1) is 0 Å². The molecule has 2 aliphatic rings. The summed E-state index contributed by atoms with van der Waals surface area (Å²) in [5.74, 6) is -3.85. The molecular formula is C21H29F4N3O5S. The molecular weight excluding hydrogens is 482 g/mol. The predicted molar refractivity (Wildman–Crippen MR) is 116 cm³/mol. The summed E-state index contributed by atoms with van der Waals surface area (Å²) in [4.78, 5) is 23.5. The number of amides is 1. The number of rotatable bonds is 6. The number of alkyl halides is 3. The second kappa shape index (κ2) is 12.5. The molecule has 13 heteroatoms. The van der Waals surface area contributed by atoms with Gasteiger partial charge >= 0.3 is 12.1 Å². The minimum atomic E-state index is -5.08. The van der Waals surface area contributed by atoms with Crippen LogP contribution in [-0.4, -0.2) is 85.3 Å². The Bertz CT molecular complexity index is 931. The summed E-state index contributed by atoms with van der Waals surface area (Å²) in [6, 6.07) is 5.89. The molecule has 8 nitrogen and oxygen atoms in total.